The maximum atomic E-state index is 13.0. The molecule has 0 radical (unpaired) electrons. The van der Waals surface area contributed by atoms with E-state index in [1.54, 1.807) is 0 Å². The minimum absolute atomic E-state index is 0.314. The van der Waals surface area contributed by atoms with Gasteiger partial charge in [-0.2, -0.15) is 0 Å². The minimum Gasteiger partial charge on any atom is -0.493 e. The molecule has 0 saturated heterocycles. The molecule has 0 aliphatic rings. The molecule has 49 heavy (non-hydrogen) atoms. The Kier molecular flexibility index (Phi) is 16.2. The Morgan fingerprint density at radius 1 is 0.571 bits per heavy atom. The molecule has 3 aromatic carbocycles. The van der Waals surface area contributed by atoms with E-state index >= 15 is 0 Å². The van der Waals surface area contributed by atoms with Crippen molar-refractivity contribution in [3.63, 3.8) is 0 Å². The van der Waals surface area contributed by atoms with E-state index in [9.17, 15) is 5.11 Å². The molecule has 0 amide bonds. The molecule has 3 N–H and O–H groups in total. The van der Waals surface area contributed by atoms with Crippen LogP contribution in [0.5, 0.6) is 11.5 Å². The Morgan fingerprint density at radius 2 is 0.980 bits per heavy atom. The Bertz CT molecular complexity index is 1260. The number of unbranched alkanes of at least 4 members (excludes halogenated alkanes) is 2. The third-order valence-electron chi connectivity index (χ3n) is 10.6. The average Bonchev–Trinajstić information content (AvgIpc) is 3.06. The normalized spacial score (nSPS) is 15.3. The Hall–Kier alpha value is -2.82. The van der Waals surface area contributed by atoms with Crippen LogP contribution in [-0.2, 0) is 12.0 Å². The summed E-state index contributed by atoms with van der Waals surface area (Å²) in [6.07, 6.45) is 12.0. The lowest BCUT2D eigenvalue weighted by atomic mass is 9.75. The lowest BCUT2D eigenvalue weighted by molar-refractivity contribution is 0.0452. The van der Waals surface area contributed by atoms with Gasteiger partial charge in [0.25, 0.3) is 0 Å². The maximum absolute atomic E-state index is 13.0. The zero-order chi connectivity index (χ0) is 35.9. The summed E-state index contributed by atoms with van der Waals surface area (Å²) in [5.41, 5.74) is 8.61. The molecule has 3 aromatic rings. The molecular formula is C45H69NO3. The van der Waals surface area contributed by atoms with Gasteiger partial charge in [0, 0.05) is 17.2 Å². The summed E-state index contributed by atoms with van der Waals surface area (Å²) >= 11 is 0. The van der Waals surface area contributed by atoms with Crippen molar-refractivity contribution in [2.45, 2.75) is 138 Å². The second-order valence-electron chi connectivity index (χ2n) is 16.4. The fraction of sp³-hybridized carbons (Fsp3) is 0.600. The summed E-state index contributed by atoms with van der Waals surface area (Å²) in [5.74, 6) is 2.76. The molecule has 0 heterocycles. The zero-order valence-corrected chi connectivity index (χ0v) is 32.3. The van der Waals surface area contributed by atoms with Gasteiger partial charge in [0.15, 0.2) is 0 Å². The number of benzene rings is 3. The Labute approximate surface area is 300 Å². The lowest BCUT2D eigenvalue weighted by Gasteiger charge is -2.37. The van der Waals surface area contributed by atoms with Crippen molar-refractivity contribution in [2.75, 3.05) is 13.2 Å². The van der Waals surface area contributed by atoms with Crippen molar-refractivity contribution < 1.29 is 14.6 Å². The number of aliphatic hydroxyl groups is 1. The van der Waals surface area contributed by atoms with E-state index in [1.165, 1.54) is 38.5 Å². The predicted molar refractivity (Wildman–Crippen MR) is 208 cm³/mol. The molecule has 0 fully saturated rings. The van der Waals surface area contributed by atoms with Crippen molar-refractivity contribution in [3.8, 4) is 11.5 Å². The van der Waals surface area contributed by atoms with Crippen LogP contribution in [0.25, 0.3) is 0 Å². The third kappa shape index (κ3) is 12.2. The molecule has 4 heteroatoms. The fourth-order valence-electron chi connectivity index (χ4n) is 7.44. The first-order valence-electron chi connectivity index (χ1n) is 19.3. The van der Waals surface area contributed by atoms with Crippen molar-refractivity contribution in [2.24, 2.45) is 28.4 Å². The van der Waals surface area contributed by atoms with E-state index < -0.39 is 11.6 Å². The van der Waals surface area contributed by atoms with Crippen molar-refractivity contribution >= 4 is 0 Å². The van der Waals surface area contributed by atoms with Crippen molar-refractivity contribution in [3.05, 3.63) is 95.6 Å². The number of nitrogens with two attached hydrogens (primary N) is 1. The molecule has 4 nitrogen and oxygen atoms in total. The number of para-hydroxylation sites is 2. The molecule has 2 unspecified atom stereocenters. The van der Waals surface area contributed by atoms with Crippen molar-refractivity contribution in [1.29, 1.82) is 0 Å². The van der Waals surface area contributed by atoms with Gasteiger partial charge in [0.2, 0.25) is 0 Å². The maximum Gasteiger partial charge on any atom is 0.137 e. The number of rotatable bonds is 21. The van der Waals surface area contributed by atoms with Gasteiger partial charge in [0.1, 0.15) is 17.1 Å². The first-order chi connectivity index (χ1) is 23.3. The smallest absolute Gasteiger partial charge is 0.137 e. The quantitative estimate of drug-likeness (QED) is 0.111. The summed E-state index contributed by atoms with van der Waals surface area (Å²) in [6.45, 7) is 19.9. The van der Waals surface area contributed by atoms with Gasteiger partial charge in [-0.25, -0.2) is 0 Å². The second-order valence-corrected chi connectivity index (χ2v) is 16.4. The van der Waals surface area contributed by atoms with E-state index in [2.05, 4.69) is 67.5 Å². The van der Waals surface area contributed by atoms with Crippen LogP contribution in [0, 0.1) is 22.7 Å². The number of ether oxygens (including phenoxy) is 2. The Balaban J connectivity index is 1.84. The predicted octanol–water partition coefficient (Wildman–Crippen LogP) is 11.5. The second kappa shape index (κ2) is 19.5. The first-order valence-corrected chi connectivity index (χ1v) is 19.3. The highest BCUT2D eigenvalue weighted by Crippen LogP contribution is 2.43. The minimum atomic E-state index is -1.54. The van der Waals surface area contributed by atoms with Gasteiger partial charge in [-0.1, -0.05) is 148 Å². The number of hydrogen-bond acceptors (Lipinski definition) is 4. The monoisotopic (exact) mass is 672 g/mol. The summed E-state index contributed by atoms with van der Waals surface area (Å²) in [7, 11) is 0. The van der Waals surface area contributed by atoms with E-state index in [0.717, 1.165) is 31.2 Å². The highest BCUT2D eigenvalue weighted by molar-refractivity contribution is 5.51. The lowest BCUT2D eigenvalue weighted by Crippen LogP contribution is -2.48. The van der Waals surface area contributed by atoms with E-state index in [0.29, 0.717) is 64.9 Å². The molecular weight excluding hydrogens is 602 g/mol. The topological polar surface area (TPSA) is 64.7 Å². The fourth-order valence-corrected chi connectivity index (χ4v) is 7.44. The van der Waals surface area contributed by atoms with Crippen molar-refractivity contribution in [1.82, 2.24) is 0 Å². The molecule has 3 rings (SSSR count). The first kappa shape index (κ1) is 40.6. The van der Waals surface area contributed by atoms with Gasteiger partial charge in [-0.15, -0.1) is 0 Å². The van der Waals surface area contributed by atoms with Crippen LogP contribution in [0.4, 0.5) is 0 Å². The van der Waals surface area contributed by atoms with E-state index in [-0.39, 0.29) is 0 Å². The third-order valence-corrected chi connectivity index (χ3v) is 10.6. The van der Waals surface area contributed by atoms with Crippen LogP contribution in [-0.4, -0.2) is 24.4 Å². The van der Waals surface area contributed by atoms with Gasteiger partial charge in [-0.3, -0.25) is 0 Å². The van der Waals surface area contributed by atoms with Gasteiger partial charge < -0.3 is 20.3 Å². The standard InChI is InChI=1S/C45H69NO3/c1-9-22-36(43(3,4)5)26-18-20-32-48-40-30-16-14-28-38(40)45(47,42(46)34-35-24-12-11-13-25-35)39-29-15-17-31-41(39)49-33-21-19-27-37(23-10-2)44(6,7)8/h11-17,24-25,28-31,36-37,42,47H,9-10,18-23,26-27,32-34,46H2,1-8H3/t36?,37?,42-,45?/m1/s1. The summed E-state index contributed by atoms with van der Waals surface area (Å²) in [5, 5.41) is 13.0. The molecule has 0 aromatic heterocycles. The summed E-state index contributed by atoms with van der Waals surface area (Å²) < 4.78 is 13.0. The van der Waals surface area contributed by atoms with Crippen LogP contribution < -0.4 is 15.2 Å². The van der Waals surface area contributed by atoms with Crippen LogP contribution >= 0.6 is 0 Å². The summed E-state index contributed by atoms with van der Waals surface area (Å²) in [4.78, 5) is 0. The van der Waals surface area contributed by atoms with Gasteiger partial charge in [-0.05, 0) is 85.3 Å². The highest BCUT2D eigenvalue weighted by Gasteiger charge is 2.42. The molecule has 0 spiro atoms. The van der Waals surface area contributed by atoms with Crippen LogP contribution in [0.2, 0.25) is 0 Å². The van der Waals surface area contributed by atoms with E-state index in [1.807, 2.05) is 66.7 Å². The molecule has 0 bridgehead atoms. The molecule has 0 saturated carbocycles. The molecule has 0 aliphatic carbocycles. The summed E-state index contributed by atoms with van der Waals surface area (Å²) in [6, 6.07) is 25.3. The average molecular weight is 672 g/mol. The molecule has 0 aliphatic heterocycles. The van der Waals surface area contributed by atoms with Crippen LogP contribution in [0.3, 0.4) is 0 Å². The molecule has 272 valence electrons. The van der Waals surface area contributed by atoms with Gasteiger partial charge in [0.05, 0.1) is 13.2 Å². The SMILES string of the molecule is CCCC(CCCCOc1ccccc1C(O)(c1ccccc1OCCCCC(CCC)C(C)(C)C)[C@H](N)Cc1ccccc1)C(C)(C)C. The van der Waals surface area contributed by atoms with Crippen LogP contribution in [0.15, 0.2) is 78.9 Å². The highest BCUT2D eigenvalue weighted by atomic mass is 16.5. The van der Waals surface area contributed by atoms with Crippen LogP contribution in [0.1, 0.15) is 136 Å². The largest absolute Gasteiger partial charge is 0.493 e. The Morgan fingerprint density at radius 3 is 1.39 bits per heavy atom. The molecule has 3 atom stereocenters. The van der Waals surface area contributed by atoms with E-state index in [4.69, 9.17) is 15.2 Å². The van der Waals surface area contributed by atoms with Gasteiger partial charge >= 0.3 is 0 Å². The zero-order valence-electron chi connectivity index (χ0n) is 32.3. The number of hydrogen-bond donors (Lipinski definition) is 2.